The Morgan fingerprint density at radius 2 is 1.90 bits per heavy atom. The van der Waals surface area contributed by atoms with Crippen LogP contribution in [0.25, 0.3) is 0 Å². The molecule has 1 unspecified atom stereocenters. The third-order valence-corrected chi connectivity index (χ3v) is 5.42. The smallest absolute Gasteiger partial charge is 0.273 e. The number of benzene rings is 2. The fraction of sp³-hybridized carbons (Fsp3) is 0.136. The van der Waals surface area contributed by atoms with Crippen molar-refractivity contribution in [3.05, 3.63) is 98.4 Å². The maximum Gasteiger partial charge on any atom is 0.273 e. The van der Waals surface area contributed by atoms with Gasteiger partial charge in [-0.1, -0.05) is 64.8 Å². The van der Waals surface area contributed by atoms with Gasteiger partial charge in [0.15, 0.2) is 6.10 Å². The number of carbonyl (C=O) groups is 1. The van der Waals surface area contributed by atoms with Gasteiger partial charge in [-0.3, -0.25) is 9.59 Å². The Labute approximate surface area is 182 Å². The number of nitrogens with zero attached hydrogens (tertiary/aromatic N) is 2. The summed E-state index contributed by atoms with van der Waals surface area (Å²) in [5, 5.41) is 7.56. The summed E-state index contributed by atoms with van der Waals surface area (Å²) < 4.78 is 1.48. The maximum atomic E-state index is 12.6. The largest absolute Gasteiger partial charge is 0.387 e. The quantitative estimate of drug-likeness (QED) is 0.625. The van der Waals surface area contributed by atoms with Crippen molar-refractivity contribution in [2.24, 2.45) is 5.16 Å². The van der Waals surface area contributed by atoms with Crippen LogP contribution in [0.15, 0.2) is 76.8 Å². The number of rotatable bonds is 5. The van der Waals surface area contributed by atoms with E-state index in [0.717, 1.165) is 11.1 Å². The monoisotopic (exact) mass is 441 g/mol. The highest BCUT2D eigenvalue weighted by Crippen LogP contribution is 2.27. The predicted octanol–water partition coefficient (Wildman–Crippen LogP) is 4.66. The lowest BCUT2D eigenvalue weighted by Crippen LogP contribution is -2.24. The first-order valence-corrected chi connectivity index (χ1v) is 9.98. The molecule has 1 atom stereocenters. The lowest BCUT2D eigenvalue weighted by Gasteiger charge is -2.10. The second-order valence-electron chi connectivity index (χ2n) is 6.83. The summed E-state index contributed by atoms with van der Waals surface area (Å²) in [6.45, 7) is 0.291. The average Bonchev–Trinajstić information content (AvgIpc) is 3.24. The van der Waals surface area contributed by atoms with Crippen LogP contribution in [0.3, 0.4) is 0 Å². The topological polar surface area (TPSA) is 72.7 Å². The molecule has 0 bridgehead atoms. The Balaban J connectivity index is 1.45. The Kier molecular flexibility index (Phi) is 5.88. The van der Waals surface area contributed by atoms with Crippen LogP contribution in [-0.2, 0) is 16.2 Å². The van der Waals surface area contributed by atoms with Gasteiger partial charge in [0.2, 0.25) is 0 Å². The molecule has 1 amide bonds. The molecular formula is C22H17Cl2N3O3. The molecule has 152 valence electrons. The highest BCUT2D eigenvalue weighted by molar-refractivity contribution is 6.43. The number of pyridine rings is 1. The van der Waals surface area contributed by atoms with Crippen LogP contribution in [0.1, 0.15) is 23.7 Å². The molecule has 2 aromatic carbocycles. The summed E-state index contributed by atoms with van der Waals surface area (Å²) in [5.41, 5.74) is 2.34. The van der Waals surface area contributed by atoms with Crippen molar-refractivity contribution < 1.29 is 9.63 Å². The molecule has 0 saturated carbocycles. The van der Waals surface area contributed by atoms with Gasteiger partial charge in [-0.05, 0) is 29.3 Å². The molecule has 1 aliphatic rings. The number of oxime groups is 1. The highest BCUT2D eigenvalue weighted by Gasteiger charge is 2.27. The minimum Gasteiger partial charge on any atom is -0.387 e. The first kappa shape index (κ1) is 20.2. The van der Waals surface area contributed by atoms with Gasteiger partial charge >= 0.3 is 0 Å². The average molecular weight is 442 g/mol. The molecule has 2 heterocycles. The fourth-order valence-electron chi connectivity index (χ4n) is 3.12. The molecule has 1 N–H and O–H groups in total. The third-order valence-electron chi connectivity index (χ3n) is 4.68. The third kappa shape index (κ3) is 4.56. The fourth-order valence-corrected chi connectivity index (χ4v) is 3.45. The Bertz CT molecular complexity index is 1180. The Hall–Kier alpha value is -3.09. The molecule has 8 heteroatoms. The van der Waals surface area contributed by atoms with Crippen LogP contribution >= 0.6 is 23.2 Å². The second kappa shape index (κ2) is 8.73. The van der Waals surface area contributed by atoms with Gasteiger partial charge in [-0.15, -0.1) is 0 Å². The van der Waals surface area contributed by atoms with Gasteiger partial charge in [-0.2, -0.15) is 0 Å². The first-order valence-electron chi connectivity index (χ1n) is 9.23. The number of hydrogen-bond donors (Lipinski definition) is 1. The molecule has 4 rings (SSSR count). The van der Waals surface area contributed by atoms with Crippen molar-refractivity contribution >= 4 is 40.5 Å². The molecule has 1 aliphatic heterocycles. The van der Waals surface area contributed by atoms with E-state index in [4.69, 9.17) is 28.0 Å². The molecular weight excluding hydrogens is 425 g/mol. The van der Waals surface area contributed by atoms with Gasteiger partial charge in [0.1, 0.15) is 5.71 Å². The van der Waals surface area contributed by atoms with Gasteiger partial charge in [0, 0.05) is 18.7 Å². The van der Waals surface area contributed by atoms with Crippen molar-refractivity contribution in [3.8, 4) is 0 Å². The van der Waals surface area contributed by atoms with Crippen LogP contribution in [0.5, 0.6) is 0 Å². The van der Waals surface area contributed by atoms with E-state index in [-0.39, 0.29) is 17.6 Å². The van der Waals surface area contributed by atoms with Crippen LogP contribution in [0.4, 0.5) is 5.69 Å². The summed E-state index contributed by atoms with van der Waals surface area (Å²) in [6.07, 6.45) is 1.67. The van der Waals surface area contributed by atoms with Crippen molar-refractivity contribution in [1.29, 1.82) is 0 Å². The van der Waals surface area contributed by atoms with Crippen molar-refractivity contribution in [2.45, 2.75) is 19.1 Å². The summed E-state index contributed by atoms with van der Waals surface area (Å²) in [7, 11) is 0. The number of anilines is 1. The lowest BCUT2D eigenvalue weighted by molar-refractivity contribution is -0.110. The van der Waals surface area contributed by atoms with E-state index in [2.05, 4.69) is 10.5 Å². The van der Waals surface area contributed by atoms with Gasteiger partial charge in [0.25, 0.3) is 11.5 Å². The van der Waals surface area contributed by atoms with Gasteiger partial charge in [0.05, 0.1) is 22.3 Å². The molecule has 0 fully saturated rings. The molecule has 0 aliphatic carbocycles. The summed E-state index contributed by atoms with van der Waals surface area (Å²) in [4.78, 5) is 30.2. The summed E-state index contributed by atoms with van der Waals surface area (Å²) in [5.74, 6) is -0.367. The Morgan fingerprint density at radius 1 is 1.10 bits per heavy atom. The zero-order chi connectivity index (χ0) is 21.1. The van der Waals surface area contributed by atoms with E-state index in [1.54, 1.807) is 30.5 Å². The van der Waals surface area contributed by atoms with Crippen LogP contribution in [-0.4, -0.2) is 16.2 Å². The maximum absolute atomic E-state index is 12.6. The lowest BCUT2D eigenvalue weighted by atomic mass is 10.0. The van der Waals surface area contributed by atoms with Crippen LogP contribution in [0, 0.1) is 0 Å². The SMILES string of the molecule is O=C(Nc1ccc(=O)n(Cc2ccc(Cl)c(Cl)c2)c1)C1=NOC(c2ccccc2)C1. The highest BCUT2D eigenvalue weighted by atomic mass is 35.5. The zero-order valence-corrected chi connectivity index (χ0v) is 17.2. The predicted molar refractivity (Wildman–Crippen MR) is 117 cm³/mol. The molecule has 6 nitrogen and oxygen atoms in total. The van der Waals surface area contributed by atoms with E-state index in [1.165, 1.54) is 10.6 Å². The van der Waals surface area contributed by atoms with E-state index in [9.17, 15) is 9.59 Å². The molecule has 30 heavy (non-hydrogen) atoms. The summed E-state index contributed by atoms with van der Waals surface area (Å²) in [6, 6.07) is 17.7. The van der Waals surface area contributed by atoms with Crippen molar-refractivity contribution in [3.63, 3.8) is 0 Å². The standard InChI is InChI=1S/C22H17Cl2N3O3/c23-17-8-6-14(10-18(17)24)12-27-13-16(7-9-21(27)28)25-22(29)19-11-20(30-26-19)15-4-2-1-3-5-15/h1-10,13,20H,11-12H2,(H,25,29). The van der Waals surface area contributed by atoms with E-state index < -0.39 is 0 Å². The number of nitrogens with one attached hydrogen (secondary N) is 1. The first-order chi connectivity index (χ1) is 14.5. The van der Waals surface area contributed by atoms with Crippen LogP contribution < -0.4 is 10.9 Å². The molecule has 0 saturated heterocycles. The zero-order valence-electron chi connectivity index (χ0n) is 15.7. The van der Waals surface area contributed by atoms with E-state index in [1.807, 2.05) is 30.3 Å². The minimum atomic E-state index is -0.367. The molecule has 0 radical (unpaired) electrons. The normalized spacial score (nSPS) is 15.4. The Morgan fingerprint density at radius 3 is 2.67 bits per heavy atom. The molecule has 0 spiro atoms. The van der Waals surface area contributed by atoms with E-state index in [0.29, 0.717) is 34.4 Å². The minimum absolute atomic E-state index is 0.204. The van der Waals surface area contributed by atoms with Gasteiger partial charge < -0.3 is 14.7 Å². The van der Waals surface area contributed by atoms with Crippen molar-refractivity contribution in [1.82, 2.24) is 4.57 Å². The van der Waals surface area contributed by atoms with E-state index >= 15 is 0 Å². The van der Waals surface area contributed by atoms with Crippen molar-refractivity contribution in [2.75, 3.05) is 5.32 Å². The number of carbonyl (C=O) groups excluding carboxylic acids is 1. The number of halogens is 2. The second-order valence-corrected chi connectivity index (χ2v) is 7.65. The number of aromatic nitrogens is 1. The number of amides is 1. The summed E-state index contributed by atoms with van der Waals surface area (Å²) >= 11 is 12.0. The molecule has 1 aromatic heterocycles. The number of hydrogen-bond acceptors (Lipinski definition) is 4. The van der Waals surface area contributed by atoms with Gasteiger partial charge in [-0.25, -0.2) is 0 Å². The molecule has 3 aromatic rings. The van der Waals surface area contributed by atoms with Crippen LogP contribution in [0.2, 0.25) is 10.0 Å².